The summed E-state index contributed by atoms with van der Waals surface area (Å²) in [7, 11) is 2.02. The standard InChI is InChI=1S/C14H18ClFN2O2/c1-18-4-5-20-9-10(8-18)7-17-14(19)12-6-11(16)2-3-13(12)15/h2-3,6,10H,4-5,7-9H2,1H3,(H,17,19)/t10-/m1/s1. The summed E-state index contributed by atoms with van der Waals surface area (Å²) in [4.78, 5) is 14.2. The summed E-state index contributed by atoms with van der Waals surface area (Å²) in [6.07, 6.45) is 0. The average molecular weight is 301 g/mol. The minimum absolute atomic E-state index is 0.162. The highest BCUT2D eigenvalue weighted by atomic mass is 35.5. The molecule has 1 saturated heterocycles. The molecule has 1 aromatic rings. The van der Waals surface area contributed by atoms with Crippen LogP contribution in [0.2, 0.25) is 5.02 Å². The predicted molar refractivity (Wildman–Crippen MR) is 75.5 cm³/mol. The number of carbonyl (C=O) groups excluding carboxylic acids is 1. The highest BCUT2D eigenvalue weighted by Gasteiger charge is 2.18. The third-order valence-electron chi connectivity index (χ3n) is 3.27. The molecule has 1 aliphatic heterocycles. The van der Waals surface area contributed by atoms with Gasteiger partial charge in [0.2, 0.25) is 0 Å². The lowest BCUT2D eigenvalue weighted by atomic mass is 10.1. The van der Waals surface area contributed by atoms with Gasteiger partial charge in [0.05, 0.1) is 23.8 Å². The number of rotatable bonds is 3. The Morgan fingerprint density at radius 3 is 3.20 bits per heavy atom. The van der Waals surface area contributed by atoms with Crippen molar-refractivity contribution >= 4 is 17.5 Å². The Hall–Kier alpha value is -1.17. The molecule has 1 atom stereocenters. The SMILES string of the molecule is CN1CCOC[C@H](CNC(=O)c2cc(F)ccc2Cl)C1. The molecule has 0 aliphatic carbocycles. The molecule has 1 aliphatic rings. The van der Waals surface area contributed by atoms with E-state index in [0.29, 0.717) is 19.8 Å². The number of benzene rings is 1. The fraction of sp³-hybridized carbons (Fsp3) is 0.500. The summed E-state index contributed by atoms with van der Waals surface area (Å²) >= 11 is 5.90. The number of halogens is 2. The van der Waals surface area contributed by atoms with E-state index >= 15 is 0 Å². The van der Waals surface area contributed by atoms with Crippen molar-refractivity contribution in [1.82, 2.24) is 10.2 Å². The first-order valence-electron chi connectivity index (χ1n) is 6.56. The van der Waals surface area contributed by atoms with Crippen molar-refractivity contribution in [3.8, 4) is 0 Å². The zero-order valence-electron chi connectivity index (χ0n) is 11.4. The van der Waals surface area contributed by atoms with Crippen molar-refractivity contribution in [3.63, 3.8) is 0 Å². The second-order valence-corrected chi connectivity index (χ2v) is 5.44. The zero-order chi connectivity index (χ0) is 14.5. The van der Waals surface area contributed by atoms with Crippen LogP contribution in [0.1, 0.15) is 10.4 Å². The monoisotopic (exact) mass is 300 g/mol. The highest BCUT2D eigenvalue weighted by Crippen LogP contribution is 2.17. The van der Waals surface area contributed by atoms with Gasteiger partial charge in [0.1, 0.15) is 5.82 Å². The first-order valence-corrected chi connectivity index (χ1v) is 6.93. The Morgan fingerprint density at radius 1 is 1.60 bits per heavy atom. The van der Waals surface area contributed by atoms with E-state index in [9.17, 15) is 9.18 Å². The maximum Gasteiger partial charge on any atom is 0.252 e. The van der Waals surface area contributed by atoms with Crippen molar-refractivity contribution in [2.45, 2.75) is 0 Å². The Morgan fingerprint density at radius 2 is 2.40 bits per heavy atom. The number of nitrogens with one attached hydrogen (secondary N) is 1. The molecular formula is C14H18ClFN2O2. The minimum Gasteiger partial charge on any atom is -0.380 e. The Kier molecular flexibility index (Phi) is 5.34. The highest BCUT2D eigenvalue weighted by molar-refractivity contribution is 6.33. The van der Waals surface area contributed by atoms with Gasteiger partial charge in [-0.25, -0.2) is 4.39 Å². The van der Waals surface area contributed by atoms with Gasteiger partial charge in [-0.2, -0.15) is 0 Å². The van der Waals surface area contributed by atoms with E-state index in [2.05, 4.69) is 10.2 Å². The summed E-state index contributed by atoms with van der Waals surface area (Å²) in [5.74, 6) is -0.614. The molecule has 0 spiro atoms. The fourth-order valence-corrected chi connectivity index (χ4v) is 2.39. The summed E-state index contributed by atoms with van der Waals surface area (Å²) in [6, 6.07) is 3.76. The molecule has 0 radical (unpaired) electrons. The van der Waals surface area contributed by atoms with Gasteiger partial charge >= 0.3 is 0 Å². The lowest BCUT2D eigenvalue weighted by molar-refractivity contribution is 0.0921. The molecule has 0 aromatic heterocycles. The molecule has 1 fully saturated rings. The van der Waals surface area contributed by atoms with Gasteiger partial charge in [0, 0.05) is 25.6 Å². The van der Waals surface area contributed by atoms with Crippen LogP contribution in [-0.2, 0) is 4.74 Å². The number of hydrogen-bond acceptors (Lipinski definition) is 3. The summed E-state index contributed by atoms with van der Waals surface area (Å²) in [5, 5.41) is 3.04. The van der Waals surface area contributed by atoms with Crippen molar-refractivity contribution < 1.29 is 13.9 Å². The molecule has 6 heteroatoms. The van der Waals surface area contributed by atoms with Crippen LogP contribution in [0.3, 0.4) is 0 Å². The van der Waals surface area contributed by atoms with Crippen LogP contribution in [0.15, 0.2) is 18.2 Å². The number of carbonyl (C=O) groups is 1. The second-order valence-electron chi connectivity index (χ2n) is 5.04. The number of ether oxygens (including phenoxy) is 1. The van der Waals surface area contributed by atoms with Gasteiger partial charge in [-0.1, -0.05) is 11.6 Å². The van der Waals surface area contributed by atoms with E-state index in [-0.39, 0.29) is 22.4 Å². The minimum atomic E-state index is -0.475. The number of hydrogen-bond donors (Lipinski definition) is 1. The molecule has 110 valence electrons. The average Bonchev–Trinajstić information content (AvgIpc) is 2.63. The van der Waals surface area contributed by atoms with Crippen LogP contribution in [0.4, 0.5) is 4.39 Å². The van der Waals surface area contributed by atoms with Crippen molar-refractivity contribution in [1.29, 1.82) is 0 Å². The van der Waals surface area contributed by atoms with Crippen LogP contribution < -0.4 is 5.32 Å². The van der Waals surface area contributed by atoms with E-state index in [4.69, 9.17) is 16.3 Å². The van der Waals surface area contributed by atoms with Gasteiger partial charge in [0.25, 0.3) is 5.91 Å². The molecule has 1 amide bonds. The van der Waals surface area contributed by atoms with Crippen molar-refractivity contribution in [3.05, 3.63) is 34.6 Å². The maximum absolute atomic E-state index is 13.1. The predicted octanol–water partition coefficient (Wildman–Crippen LogP) is 1.79. The molecule has 2 rings (SSSR count). The molecule has 0 unspecified atom stereocenters. The smallest absolute Gasteiger partial charge is 0.252 e. The molecule has 20 heavy (non-hydrogen) atoms. The van der Waals surface area contributed by atoms with Gasteiger partial charge in [-0.15, -0.1) is 0 Å². The van der Waals surface area contributed by atoms with Crippen LogP contribution in [0.25, 0.3) is 0 Å². The zero-order valence-corrected chi connectivity index (χ0v) is 12.1. The first kappa shape index (κ1) is 15.2. The molecular weight excluding hydrogens is 283 g/mol. The van der Waals surface area contributed by atoms with E-state index in [0.717, 1.165) is 19.2 Å². The van der Waals surface area contributed by atoms with Gasteiger partial charge in [-0.3, -0.25) is 4.79 Å². The Labute approximate surface area is 122 Å². The third-order valence-corrected chi connectivity index (χ3v) is 3.59. The summed E-state index contributed by atoms with van der Waals surface area (Å²) < 4.78 is 18.6. The van der Waals surface area contributed by atoms with Crippen LogP contribution in [0, 0.1) is 11.7 Å². The lowest BCUT2D eigenvalue weighted by Crippen LogP contribution is -2.36. The van der Waals surface area contributed by atoms with E-state index in [1.165, 1.54) is 12.1 Å². The van der Waals surface area contributed by atoms with Gasteiger partial charge in [-0.05, 0) is 25.2 Å². The van der Waals surface area contributed by atoms with Gasteiger partial charge < -0.3 is 15.0 Å². The Bertz CT molecular complexity index is 484. The second kappa shape index (κ2) is 7.02. The maximum atomic E-state index is 13.1. The number of likely N-dealkylation sites (N-methyl/N-ethyl adjacent to an activating group) is 1. The van der Waals surface area contributed by atoms with E-state index in [1.807, 2.05) is 7.05 Å². The molecule has 4 nitrogen and oxygen atoms in total. The van der Waals surface area contributed by atoms with E-state index in [1.54, 1.807) is 0 Å². The fourth-order valence-electron chi connectivity index (χ4n) is 2.18. The largest absolute Gasteiger partial charge is 0.380 e. The topological polar surface area (TPSA) is 41.6 Å². The summed E-state index contributed by atoms with van der Waals surface area (Å²) in [6.45, 7) is 3.55. The van der Waals surface area contributed by atoms with Crippen LogP contribution >= 0.6 is 11.6 Å². The normalized spacial score (nSPS) is 20.4. The number of nitrogens with zero attached hydrogens (tertiary/aromatic N) is 1. The van der Waals surface area contributed by atoms with E-state index < -0.39 is 5.82 Å². The third kappa shape index (κ3) is 4.16. The van der Waals surface area contributed by atoms with Crippen molar-refractivity contribution in [2.24, 2.45) is 5.92 Å². The molecule has 1 heterocycles. The lowest BCUT2D eigenvalue weighted by Gasteiger charge is -2.19. The Balaban J connectivity index is 1.92. The van der Waals surface area contributed by atoms with Gasteiger partial charge in [0.15, 0.2) is 0 Å². The van der Waals surface area contributed by atoms with Crippen LogP contribution in [-0.4, -0.2) is 50.7 Å². The molecule has 1 aromatic carbocycles. The first-order chi connectivity index (χ1) is 9.56. The quantitative estimate of drug-likeness (QED) is 0.925. The molecule has 0 saturated carbocycles. The molecule has 0 bridgehead atoms. The van der Waals surface area contributed by atoms with Crippen LogP contribution in [0.5, 0.6) is 0 Å². The van der Waals surface area contributed by atoms with Crippen molar-refractivity contribution in [2.75, 3.05) is 39.9 Å². The summed E-state index contributed by atoms with van der Waals surface area (Å²) in [5.41, 5.74) is 0.162. The number of amides is 1. The molecule has 1 N–H and O–H groups in total.